The molecule has 4 nitrogen and oxygen atoms in total. The summed E-state index contributed by atoms with van der Waals surface area (Å²) in [7, 11) is 0. The number of nitrogens with zero attached hydrogens (tertiary/aromatic N) is 3. The van der Waals surface area contributed by atoms with E-state index < -0.39 is 6.10 Å². The quantitative estimate of drug-likeness (QED) is 0.875. The molecule has 4 heteroatoms. The minimum atomic E-state index is -0.444. The van der Waals surface area contributed by atoms with Crippen LogP contribution in [0.5, 0.6) is 0 Å². The molecule has 1 heterocycles. The van der Waals surface area contributed by atoms with Crippen LogP contribution in [0.15, 0.2) is 30.3 Å². The number of hydrogen-bond acceptors (Lipinski definition) is 3. The lowest BCUT2D eigenvalue weighted by Crippen LogP contribution is -2.07. The van der Waals surface area contributed by atoms with E-state index in [1.807, 2.05) is 48.9 Å². The monoisotopic (exact) mass is 231 g/mol. The maximum Gasteiger partial charge on any atom is 0.147 e. The molecule has 0 amide bonds. The summed E-state index contributed by atoms with van der Waals surface area (Å²) in [6.07, 6.45) is 0.202. The number of aliphatic hydroxyl groups is 1. The predicted octanol–water partition coefficient (Wildman–Crippen LogP) is 2.02. The number of rotatable bonds is 4. The summed E-state index contributed by atoms with van der Waals surface area (Å²) in [5, 5.41) is 14.3. The highest BCUT2D eigenvalue weighted by atomic mass is 16.3. The van der Waals surface area contributed by atoms with Crippen molar-refractivity contribution in [2.75, 3.05) is 0 Å². The molecule has 0 aliphatic heterocycles. The second-order valence-electron chi connectivity index (χ2n) is 4.14. The fourth-order valence-corrected chi connectivity index (χ4v) is 1.86. The lowest BCUT2D eigenvalue weighted by Gasteiger charge is -2.11. The first-order valence-corrected chi connectivity index (χ1v) is 5.78. The Hall–Kier alpha value is -1.68. The van der Waals surface area contributed by atoms with Crippen LogP contribution in [-0.2, 0) is 6.54 Å². The molecule has 90 valence electrons. The van der Waals surface area contributed by atoms with E-state index in [4.69, 9.17) is 0 Å². The van der Waals surface area contributed by atoms with E-state index in [1.54, 1.807) is 0 Å². The second-order valence-corrected chi connectivity index (χ2v) is 4.14. The third-order valence-corrected chi connectivity index (χ3v) is 2.76. The first-order valence-electron chi connectivity index (χ1n) is 5.78. The van der Waals surface area contributed by atoms with Gasteiger partial charge in [0.25, 0.3) is 0 Å². The van der Waals surface area contributed by atoms with Gasteiger partial charge in [0, 0.05) is 6.54 Å². The normalized spacial score (nSPS) is 12.6. The van der Waals surface area contributed by atoms with Gasteiger partial charge in [-0.15, -0.1) is 0 Å². The average molecular weight is 231 g/mol. The SMILES string of the molecule is Cc1nc(C)n(CCC(O)c2ccccc2)n1. The third kappa shape index (κ3) is 2.91. The molecule has 1 aromatic carbocycles. The minimum absolute atomic E-state index is 0.444. The van der Waals surface area contributed by atoms with Gasteiger partial charge in [0.2, 0.25) is 0 Å². The van der Waals surface area contributed by atoms with Gasteiger partial charge in [0.1, 0.15) is 11.6 Å². The maximum atomic E-state index is 10.0. The minimum Gasteiger partial charge on any atom is -0.388 e. The highest BCUT2D eigenvalue weighted by molar-refractivity contribution is 5.17. The van der Waals surface area contributed by atoms with Crippen molar-refractivity contribution < 1.29 is 5.11 Å². The third-order valence-electron chi connectivity index (χ3n) is 2.76. The van der Waals surface area contributed by atoms with Gasteiger partial charge < -0.3 is 5.11 Å². The molecule has 2 aromatic rings. The van der Waals surface area contributed by atoms with Crippen LogP contribution in [0, 0.1) is 13.8 Å². The summed E-state index contributed by atoms with van der Waals surface area (Å²) >= 11 is 0. The first kappa shape index (κ1) is 11.8. The molecule has 1 aromatic heterocycles. The number of aryl methyl sites for hydroxylation is 3. The Balaban J connectivity index is 1.97. The number of hydrogen-bond donors (Lipinski definition) is 1. The molecule has 0 saturated heterocycles. The molecule has 1 atom stereocenters. The topological polar surface area (TPSA) is 50.9 Å². The summed E-state index contributed by atoms with van der Waals surface area (Å²) in [5.41, 5.74) is 0.946. The van der Waals surface area contributed by atoms with E-state index in [-0.39, 0.29) is 0 Å². The average Bonchev–Trinajstić information content (AvgIpc) is 2.66. The van der Waals surface area contributed by atoms with E-state index >= 15 is 0 Å². The Bertz CT molecular complexity index is 479. The van der Waals surface area contributed by atoms with Crippen molar-refractivity contribution in [2.45, 2.75) is 32.9 Å². The first-order chi connectivity index (χ1) is 8.16. The van der Waals surface area contributed by atoms with Gasteiger partial charge >= 0.3 is 0 Å². The van der Waals surface area contributed by atoms with Crippen LogP contribution < -0.4 is 0 Å². The Morgan fingerprint density at radius 1 is 1.24 bits per heavy atom. The Morgan fingerprint density at radius 3 is 2.53 bits per heavy atom. The van der Waals surface area contributed by atoms with Crippen molar-refractivity contribution in [3.05, 3.63) is 47.5 Å². The number of aromatic nitrogens is 3. The fraction of sp³-hybridized carbons (Fsp3) is 0.385. The van der Waals surface area contributed by atoms with Gasteiger partial charge in [-0.25, -0.2) is 4.98 Å². The zero-order valence-electron chi connectivity index (χ0n) is 10.2. The van der Waals surface area contributed by atoms with E-state index in [0.717, 1.165) is 17.2 Å². The molecule has 0 aliphatic carbocycles. The molecule has 1 N–H and O–H groups in total. The summed E-state index contributed by atoms with van der Waals surface area (Å²) in [5.74, 6) is 1.67. The smallest absolute Gasteiger partial charge is 0.147 e. The molecule has 0 bridgehead atoms. The Morgan fingerprint density at radius 2 is 1.94 bits per heavy atom. The van der Waals surface area contributed by atoms with Crippen molar-refractivity contribution in [1.29, 1.82) is 0 Å². The van der Waals surface area contributed by atoms with Crippen molar-refractivity contribution in [3.8, 4) is 0 Å². The van der Waals surface area contributed by atoms with Crippen molar-refractivity contribution in [1.82, 2.24) is 14.8 Å². The van der Waals surface area contributed by atoms with Gasteiger partial charge in [0.05, 0.1) is 6.10 Å². The van der Waals surface area contributed by atoms with Crippen LogP contribution in [0.3, 0.4) is 0 Å². The Labute approximate surface area is 101 Å². The predicted molar refractivity (Wildman–Crippen MR) is 65.5 cm³/mol. The van der Waals surface area contributed by atoms with Gasteiger partial charge in [-0.05, 0) is 25.8 Å². The molecule has 2 rings (SSSR count). The lowest BCUT2D eigenvalue weighted by atomic mass is 10.1. The van der Waals surface area contributed by atoms with E-state index in [0.29, 0.717) is 13.0 Å². The van der Waals surface area contributed by atoms with Crippen LogP contribution in [0.25, 0.3) is 0 Å². The van der Waals surface area contributed by atoms with Gasteiger partial charge in [-0.3, -0.25) is 4.68 Å². The molecule has 17 heavy (non-hydrogen) atoms. The standard InChI is InChI=1S/C13H17N3O/c1-10-14-11(2)16(15-10)9-8-13(17)12-6-4-3-5-7-12/h3-7,13,17H,8-9H2,1-2H3. The summed E-state index contributed by atoms with van der Waals surface area (Å²) in [6.45, 7) is 4.48. The lowest BCUT2D eigenvalue weighted by molar-refractivity contribution is 0.159. The molecular weight excluding hydrogens is 214 g/mol. The summed E-state index contributed by atoms with van der Waals surface area (Å²) < 4.78 is 1.83. The molecule has 0 radical (unpaired) electrons. The van der Waals surface area contributed by atoms with Crippen LogP contribution in [0.4, 0.5) is 0 Å². The Kier molecular flexibility index (Phi) is 3.54. The van der Waals surface area contributed by atoms with Crippen LogP contribution in [-0.4, -0.2) is 19.9 Å². The van der Waals surface area contributed by atoms with E-state index in [9.17, 15) is 5.11 Å². The van der Waals surface area contributed by atoms with E-state index in [1.165, 1.54) is 0 Å². The molecule has 1 unspecified atom stereocenters. The van der Waals surface area contributed by atoms with Crippen molar-refractivity contribution in [2.24, 2.45) is 0 Å². The highest BCUT2D eigenvalue weighted by Gasteiger charge is 2.09. The van der Waals surface area contributed by atoms with Gasteiger partial charge in [-0.1, -0.05) is 30.3 Å². The van der Waals surface area contributed by atoms with E-state index in [2.05, 4.69) is 10.1 Å². The summed E-state index contributed by atoms with van der Waals surface area (Å²) in [4.78, 5) is 4.23. The van der Waals surface area contributed by atoms with Crippen LogP contribution in [0.1, 0.15) is 29.7 Å². The van der Waals surface area contributed by atoms with Gasteiger partial charge in [-0.2, -0.15) is 5.10 Å². The van der Waals surface area contributed by atoms with Crippen LogP contribution in [0.2, 0.25) is 0 Å². The molecule has 0 saturated carbocycles. The molecular formula is C13H17N3O. The zero-order chi connectivity index (χ0) is 12.3. The molecule has 0 spiro atoms. The van der Waals surface area contributed by atoms with Crippen LogP contribution >= 0.6 is 0 Å². The number of benzene rings is 1. The van der Waals surface area contributed by atoms with Crippen molar-refractivity contribution in [3.63, 3.8) is 0 Å². The largest absolute Gasteiger partial charge is 0.388 e. The second kappa shape index (κ2) is 5.10. The van der Waals surface area contributed by atoms with Gasteiger partial charge in [0.15, 0.2) is 0 Å². The highest BCUT2D eigenvalue weighted by Crippen LogP contribution is 2.16. The molecule has 0 fully saturated rings. The number of aliphatic hydroxyl groups excluding tert-OH is 1. The van der Waals surface area contributed by atoms with Crippen molar-refractivity contribution >= 4 is 0 Å². The zero-order valence-corrected chi connectivity index (χ0v) is 10.2. The maximum absolute atomic E-state index is 10.0. The fourth-order valence-electron chi connectivity index (χ4n) is 1.86. The summed E-state index contributed by atoms with van der Waals surface area (Å²) in [6, 6.07) is 9.68. The molecule has 0 aliphatic rings.